The molecule has 2 nitrogen and oxygen atoms in total. The van der Waals surface area contributed by atoms with Crippen LogP contribution in [0.4, 0.5) is 0 Å². The van der Waals surface area contributed by atoms with Crippen LogP contribution in [0.5, 0.6) is 0 Å². The molecule has 2 heteroatoms. The SMILES string of the molecule is CC(=O)/C=C(\NCc1ccccc1)c1ccccc1. The Labute approximate surface area is 113 Å². The molecule has 19 heavy (non-hydrogen) atoms. The number of hydrogen-bond donors (Lipinski definition) is 1. The van der Waals surface area contributed by atoms with Gasteiger partial charge in [-0.3, -0.25) is 4.79 Å². The van der Waals surface area contributed by atoms with Crippen LogP contribution in [-0.4, -0.2) is 5.78 Å². The Morgan fingerprint density at radius 3 is 2.16 bits per heavy atom. The molecular formula is C17H17NO. The van der Waals surface area contributed by atoms with Gasteiger partial charge in [0.15, 0.2) is 5.78 Å². The highest BCUT2D eigenvalue weighted by Gasteiger charge is 2.02. The second-order valence-corrected chi connectivity index (χ2v) is 4.37. The van der Waals surface area contributed by atoms with E-state index in [-0.39, 0.29) is 5.78 Å². The Morgan fingerprint density at radius 2 is 1.58 bits per heavy atom. The van der Waals surface area contributed by atoms with E-state index in [4.69, 9.17) is 0 Å². The summed E-state index contributed by atoms with van der Waals surface area (Å²) in [5.41, 5.74) is 3.07. The topological polar surface area (TPSA) is 29.1 Å². The van der Waals surface area contributed by atoms with Crippen LogP contribution in [0.1, 0.15) is 18.1 Å². The maximum atomic E-state index is 11.3. The van der Waals surface area contributed by atoms with E-state index in [0.29, 0.717) is 6.54 Å². The Balaban J connectivity index is 2.14. The van der Waals surface area contributed by atoms with E-state index in [1.165, 1.54) is 5.56 Å². The fourth-order valence-corrected chi connectivity index (χ4v) is 1.85. The summed E-state index contributed by atoms with van der Waals surface area (Å²) in [7, 11) is 0. The molecule has 2 rings (SSSR count). The standard InChI is InChI=1S/C17H17NO/c1-14(19)12-17(16-10-6-3-7-11-16)18-13-15-8-4-2-5-9-15/h2-12,18H,13H2,1H3/b17-12-. The minimum absolute atomic E-state index is 0.0411. The van der Waals surface area contributed by atoms with E-state index in [9.17, 15) is 4.79 Å². The molecule has 0 unspecified atom stereocenters. The van der Waals surface area contributed by atoms with Crippen molar-refractivity contribution in [3.63, 3.8) is 0 Å². The van der Waals surface area contributed by atoms with Gasteiger partial charge in [-0.15, -0.1) is 0 Å². The smallest absolute Gasteiger partial charge is 0.154 e. The van der Waals surface area contributed by atoms with Crippen molar-refractivity contribution < 1.29 is 4.79 Å². The lowest BCUT2D eigenvalue weighted by Crippen LogP contribution is -2.12. The number of carbonyl (C=O) groups excluding carboxylic acids is 1. The molecule has 0 spiro atoms. The van der Waals surface area contributed by atoms with Crippen LogP contribution in [0.3, 0.4) is 0 Å². The predicted octanol–water partition coefficient (Wildman–Crippen LogP) is 3.41. The summed E-state index contributed by atoms with van der Waals surface area (Å²) in [6.45, 7) is 2.27. The molecule has 0 aliphatic rings. The number of carbonyl (C=O) groups is 1. The monoisotopic (exact) mass is 251 g/mol. The lowest BCUT2D eigenvalue weighted by molar-refractivity contribution is -0.112. The van der Waals surface area contributed by atoms with Gasteiger partial charge < -0.3 is 5.32 Å². The largest absolute Gasteiger partial charge is 0.380 e. The molecule has 0 atom stereocenters. The van der Waals surface area contributed by atoms with Crippen molar-refractivity contribution in [2.75, 3.05) is 0 Å². The van der Waals surface area contributed by atoms with Gasteiger partial charge in [0.1, 0.15) is 0 Å². The average Bonchev–Trinajstić information content (AvgIpc) is 2.45. The summed E-state index contributed by atoms with van der Waals surface area (Å²) >= 11 is 0. The quantitative estimate of drug-likeness (QED) is 0.825. The highest BCUT2D eigenvalue weighted by molar-refractivity contribution is 5.94. The summed E-state index contributed by atoms with van der Waals surface area (Å²) < 4.78 is 0. The molecule has 0 fully saturated rings. The maximum absolute atomic E-state index is 11.3. The van der Waals surface area contributed by atoms with Gasteiger partial charge in [0.05, 0.1) is 0 Å². The fourth-order valence-electron chi connectivity index (χ4n) is 1.85. The lowest BCUT2D eigenvalue weighted by atomic mass is 10.1. The molecular weight excluding hydrogens is 234 g/mol. The Morgan fingerprint density at radius 1 is 1.00 bits per heavy atom. The summed E-state index contributed by atoms with van der Waals surface area (Å²) in [6.07, 6.45) is 1.64. The summed E-state index contributed by atoms with van der Waals surface area (Å²) in [4.78, 5) is 11.3. The van der Waals surface area contributed by atoms with Crippen LogP contribution in [0.15, 0.2) is 66.7 Å². The second-order valence-electron chi connectivity index (χ2n) is 4.37. The predicted molar refractivity (Wildman–Crippen MR) is 78.4 cm³/mol. The first kappa shape index (κ1) is 13.1. The van der Waals surface area contributed by atoms with Gasteiger partial charge in [0.25, 0.3) is 0 Å². The van der Waals surface area contributed by atoms with Crippen molar-refractivity contribution in [3.8, 4) is 0 Å². The zero-order chi connectivity index (χ0) is 13.5. The Kier molecular flexibility index (Phi) is 4.51. The van der Waals surface area contributed by atoms with Crippen LogP contribution in [0.2, 0.25) is 0 Å². The van der Waals surface area contributed by atoms with Gasteiger partial charge in [-0.1, -0.05) is 60.7 Å². The number of ketones is 1. The molecule has 0 radical (unpaired) electrons. The molecule has 0 aromatic heterocycles. The van der Waals surface area contributed by atoms with E-state index < -0.39 is 0 Å². The molecule has 1 N–H and O–H groups in total. The first-order chi connectivity index (χ1) is 9.25. The molecule has 0 saturated carbocycles. The van der Waals surface area contributed by atoms with Crippen molar-refractivity contribution in [2.45, 2.75) is 13.5 Å². The number of benzene rings is 2. The lowest BCUT2D eigenvalue weighted by Gasteiger charge is -2.11. The Bertz CT molecular complexity index is 558. The van der Waals surface area contributed by atoms with Gasteiger partial charge in [-0.2, -0.15) is 0 Å². The third-order valence-electron chi connectivity index (χ3n) is 2.76. The fraction of sp³-hybridized carbons (Fsp3) is 0.118. The van der Waals surface area contributed by atoms with E-state index in [1.54, 1.807) is 13.0 Å². The van der Waals surface area contributed by atoms with Gasteiger partial charge in [-0.25, -0.2) is 0 Å². The zero-order valence-corrected chi connectivity index (χ0v) is 11.0. The van der Waals surface area contributed by atoms with Crippen molar-refractivity contribution in [1.29, 1.82) is 0 Å². The van der Waals surface area contributed by atoms with E-state index >= 15 is 0 Å². The molecule has 0 bridgehead atoms. The molecule has 96 valence electrons. The number of hydrogen-bond acceptors (Lipinski definition) is 2. The molecule has 0 amide bonds. The van der Waals surface area contributed by atoms with Gasteiger partial charge in [0, 0.05) is 18.3 Å². The third-order valence-corrected chi connectivity index (χ3v) is 2.76. The number of allylic oxidation sites excluding steroid dienone is 1. The van der Waals surface area contributed by atoms with Gasteiger partial charge in [0.2, 0.25) is 0 Å². The van der Waals surface area contributed by atoms with E-state index in [1.807, 2.05) is 48.5 Å². The summed E-state index contributed by atoms with van der Waals surface area (Å²) in [5, 5.41) is 3.32. The van der Waals surface area contributed by atoms with E-state index in [0.717, 1.165) is 11.3 Å². The summed E-state index contributed by atoms with van der Waals surface area (Å²) in [6, 6.07) is 20.0. The summed E-state index contributed by atoms with van der Waals surface area (Å²) in [5.74, 6) is 0.0411. The highest BCUT2D eigenvalue weighted by Crippen LogP contribution is 2.12. The maximum Gasteiger partial charge on any atom is 0.154 e. The second kappa shape index (κ2) is 6.55. The normalized spacial score (nSPS) is 11.1. The number of nitrogens with one attached hydrogen (secondary N) is 1. The first-order valence-corrected chi connectivity index (χ1v) is 6.31. The van der Waals surface area contributed by atoms with Crippen LogP contribution in [-0.2, 0) is 11.3 Å². The highest BCUT2D eigenvalue weighted by atomic mass is 16.1. The van der Waals surface area contributed by atoms with Crippen LogP contribution in [0, 0.1) is 0 Å². The van der Waals surface area contributed by atoms with Gasteiger partial charge in [-0.05, 0) is 18.1 Å². The molecule has 0 heterocycles. The zero-order valence-electron chi connectivity index (χ0n) is 11.0. The average molecular weight is 251 g/mol. The van der Waals surface area contributed by atoms with Crippen LogP contribution in [0.25, 0.3) is 5.70 Å². The molecule has 0 aliphatic heterocycles. The Hall–Kier alpha value is -2.35. The van der Waals surface area contributed by atoms with Crippen molar-refractivity contribution >= 4 is 11.5 Å². The van der Waals surface area contributed by atoms with Gasteiger partial charge >= 0.3 is 0 Å². The molecule has 2 aromatic carbocycles. The van der Waals surface area contributed by atoms with Crippen LogP contribution < -0.4 is 5.32 Å². The minimum Gasteiger partial charge on any atom is -0.380 e. The van der Waals surface area contributed by atoms with Crippen molar-refractivity contribution in [1.82, 2.24) is 5.32 Å². The van der Waals surface area contributed by atoms with Crippen LogP contribution >= 0.6 is 0 Å². The van der Waals surface area contributed by atoms with Crippen molar-refractivity contribution in [2.24, 2.45) is 0 Å². The third kappa shape index (κ3) is 4.11. The molecule has 2 aromatic rings. The molecule has 0 saturated heterocycles. The van der Waals surface area contributed by atoms with Crippen molar-refractivity contribution in [3.05, 3.63) is 77.9 Å². The minimum atomic E-state index is 0.0411. The first-order valence-electron chi connectivity index (χ1n) is 6.31. The molecule has 0 aliphatic carbocycles. The van der Waals surface area contributed by atoms with E-state index in [2.05, 4.69) is 17.4 Å². The number of rotatable bonds is 5.